The van der Waals surface area contributed by atoms with Crippen molar-refractivity contribution in [2.45, 2.75) is 43.9 Å². The van der Waals surface area contributed by atoms with Gasteiger partial charge in [0, 0.05) is 36.8 Å². The van der Waals surface area contributed by atoms with Gasteiger partial charge in [-0.2, -0.15) is 0 Å². The number of hydrogen-bond acceptors (Lipinski definition) is 6. The standard InChI is InChI=1S/C36H41N3O5S/c1-26-22-39(27(2)25-40)36(41)21-31-20-32(37-45(42,43)33-12-8-5-9-13-33)18-19-34(31)44-35(26)24-38(3)23-28-14-16-30(17-15-28)29-10-6-4-7-11-29/h4-20,26-27,35,37,40H,21-25H2,1-3H3/t26-,27-,35+/m0/s1. The number of hydrogen-bond donors (Lipinski definition) is 2. The highest BCUT2D eigenvalue weighted by molar-refractivity contribution is 7.92. The molecule has 0 aliphatic carbocycles. The Balaban J connectivity index is 1.37. The lowest BCUT2D eigenvalue weighted by Crippen LogP contribution is -2.47. The minimum absolute atomic E-state index is 0.0175. The van der Waals surface area contributed by atoms with Crippen LogP contribution in [0.1, 0.15) is 25.0 Å². The number of anilines is 1. The minimum Gasteiger partial charge on any atom is -0.488 e. The third-order valence-electron chi connectivity index (χ3n) is 8.23. The number of aliphatic hydroxyl groups excluding tert-OH is 1. The van der Waals surface area contributed by atoms with Gasteiger partial charge < -0.3 is 14.7 Å². The van der Waals surface area contributed by atoms with Crippen LogP contribution >= 0.6 is 0 Å². The lowest BCUT2D eigenvalue weighted by Gasteiger charge is -2.34. The molecule has 0 spiro atoms. The molecular formula is C36H41N3O5S. The topological polar surface area (TPSA) is 99.2 Å². The number of likely N-dealkylation sites (N-methyl/N-ethyl adjacent to an activating group) is 1. The number of amides is 1. The van der Waals surface area contributed by atoms with Crippen molar-refractivity contribution in [2.24, 2.45) is 5.92 Å². The maximum absolute atomic E-state index is 13.6. The van der Waals surface area contributed by atoms with Gasteiger partial charge in [0.25, 0.3) is 10.0 Å². The smallest absolute Gasteiger partial charge is 0.261 e. The van der Waals surface area contributed by atoms with E-state index in [0.29, 0.717) is 36.6 Å². The van der Waals surface area contributed by atoms with Gasteiger partial charge in [-0.15, -0.1) is 0 Å². The zero-order valence-corrected chi connectivity index (χ0v) is 26.8. The van der Waals surface area contributed by atoms with E-state index in [2.05, 4.69) is 60.0 Å². The van der Waals surface area contributed by atoms with Crippen molar-refractivity contribution in [3.05, 3.63) is 114 Å². The number of nitrogens with one attached hydrogen (secondary N) is 1. The van der Waals surface area contributed by atoms with E-state index in [4.69, 9.17) is 4.74 Å². The summed E-state index contributed by atoms with van der Waals surface area (Å²) in [5.74, 6) is 0.346. The van der Waals surface area contributed by atoms with E-state index in [1.54, 1.807) is 41.3 Å². The lowest BCUT2D eigenvalue weighted by molar-refractivity contribution is -0.134. The molecule has 1 amide bonds. The second-order valence-corrected chi connectivity index (χ2v) is 13.6. The van der Waals surface area contributed by atoms with E-state index >= 15 is 0 Å². The summed E-state index contributed by atoms with van der Waals surface area (Å²) in [6.45, 7) is 5.46. The number of carbonyl (C=O) groups excluding carboxylic acids is 1. The molecule has 4 aromatic carbocycles. The van der Waals surface area contributed by atoms with Crippen molar-refractivity contribution in [3.63, 3.8) is 0 Å². The summed E-state index contributed by atoms with van der Waals surface area (Å²) in [5, 5.41) is 9.96. The molecular weight excluding hydrogens is 586 g/mol. The average Bonchev–Trinajstić information content (AvgIpc) is 3.09. The van der Waals surface area contributed by atoms with Crippen molar-refractivity contribution in [1.29, 1.82) is 0 Å². The van der Waals surface area contributed by atoms with Crippen LogP contribution in [0.25, 0.3) is 11.1 Å². The summed E-state index contributed by atoms with van der Waals surface area (Å²) >= 11 is 0. The summed E-state index contributed by atoms with van der Waals surface area (Å²) in [4.78, 5) is 17.6. The van der Waals surface area contributed by atoms with E-state index in [9.17, 15) is 18.3 Å². The molecule has 0 saturated heterocycles. The number of carbonyl (C=O) groups is 1. The summed E-state index contributed by atoms with van der Waals surface area (Å²) in [5.41, 5.74) is 4.45. The Morgan fingerprint density at radius 1 is 0.956 bits per heavy atom. The minimum atomic E-state index is -3.81. The zero-order chi connectivity index (χ0) is 32.0. The predicted molar refractivity (Wildman–Crippen MR) is 177 cm³/mol. The molecule has 2 N–H and O–H groups in total. The van der Waals surface area contributed by atoms with Crippen molar-refractivity contribution in [3.8, 4) is 16.9 Å². The molecule has 4 aromatic rings. The van der Waals surface area contributed by atoms with E-state index < -0.39 is 10.0 Å². The molecule has 8 nitrogen and oxygen atoms in total. The van der Waals surface area contributed by atoms with E-state index in [1.165, 1.54) is 28.8 Å². The van der Waals surface area contributed by atoms with Gasteiger partial charge in [-0.25, -0.2) is 8.42 Å². The largest absolute Gasteiger partial charge is 0.488 e. The predicted octanol–water partition coefficient (Wildman–Crippen LogP) is 5.44. The second kappa shape index (κ2) is 14.3. The highest BCUT2D eigenvalue weighted by atomic mass is 32.2. The number of benzene rings is 4. The molecule has 45 heavy (non-hydrogen) atoms. The number of nitrogens with zero attached hydrogens (tertiary/aromatic N) is 2. The van der Waals surface area contributed by atoms with Gasteiger partial charge in [-0.3, -0.25) is 14.4 Å². The van der Waals surface area contributed by atoms with Crippen LogP contribution in [0.5, 0.6) is 5.75 Å². The molecule has 0 bridgehead atoms. The Kier molecular flexibility index (Phi) is 10.2. The van der Waals surface area contributed by atoms with E-state index in [1.807, 2.05) is 25.1 Å². The van der Waals surface area contributed by atoms with Crippen LogP contribution < -0.4 is 9.46 Å². The molecule has 1 aliphatic rings. The van der Waals surface area contributed by atoms with Crippen molar-refractivity contribution in [2.75, 3.05) is 31.5 Å². The maximum atomic E-state index is 13.6. The van der Waals surface area contributed by atoms with Crippen molar-refractivity contribution >= 4 is 21.6 Å². The fourth-order valence-electron chi connectivity index (χ4n) is 5.64. The van der Waals surface area contributed by atoms with Gasteiger partial charge in [0.05, 0.1) is 24.0 Å². The van der Waals surface area contributed by atoms with Crippen molar-refractivity contribution in [1.82, 2.24) is 9.80 Å². The van der Waals surface area contributed by atoms with Crippen LogP contribution in [0.15, 0.2) is 108 Å². The molecule has 9 heteroatoms. The number of fused-ring (bicyclic) bond motifs is 1. The lowest BCUT2D eigenvalue weighted by atomic mass is 10.0. The van der Waals surface area contributed by atoms with Gasteiger partial charge >= 0.3 is 0 Å². The quantitative estimate of drug-likeness (QED) is 0.243. The van der Waals surface area contributed by atoms with E-state index in [0.717, 1.165) is 0 Å². The first kappa shape index (κ1) is 32.2. The second-order valence-electron chi connectivity index (χ2n) is 11.9. The number of aliphatic hydroxyl groups is 1. The van der Waals surface area contributed by atoms with Crippen LogP contribution in [0.2, 0.25) is 0 Å². The molecule has 236 valence electrons. The molecule has 0 saturated carbocycles. The third kappa shape index (κ3) is 8.11. The first-order valence-corrected chi connectivity index (χ1v) is 16.7. The summed E-state index contributed by atoms with van der Waals surface area (Å²) in [7, 11) is -1.76. The maximum Gasteiger partial charge on any atom is 0.261 e. The fourth-order valence-corrected chi connectivity index (χ4v) is 6.71. The molecule has 0 aromatic heterocycles. The SMILES string of the molecule is C[C@H]1CN([C@@H](C)CO)C(=O)Cc2cc(NS(=O)(=O)c3ccccc3)ccc2O[C@@H]1CN(C)Cc1ccc(-c2ccccc2)cc1. The Hall–Kier alpha value is -4.18. The number of sulfonamides is 1. The fraction of sp³-hybridized carbons (Fsp3) is 0.306. The average molecular weight is 628 g/mol. The first-order chi connectivity index (χ1) is 21.6. The van der Waals surface area contributed by atoms with Gasteiger partial charge in [-0.05, 0) is 61.0 Å². The van der Waals surface area contributed by atoms with Crippen LogP contribution in [0.3, 0.4) is 0 Å². The molecule has 0 fully saturated rings. The summed E-state index contributed by atoms with van der Waals surface area (Å²) in [6, 6.07) is 31.7. The summed E-state index contributed by atoms with van der Waals surface area (Å²) < 4.78 is 35.3. The monoisotopic (exact) mass is 627 g/mol. The van der Waals surface area contributed by atoms with Gasteiger partial charge in [-0.1, -0.05) is 79.7 Å². The molecule has 3 atom stereocenters. The van der Waals surface area contributed by atoms with Crippen LogP contribution in [0.4, 0.5) is 5.69 Å². The molecule has 5 rings (SSSR count). The third-order valence-corrected chi connectivity index (χ3v) is 9.62. The molecule has 1 aliphatic heterocycles. The van der Waals surface area contributed by atoms with Crippen molar-refractivity contribution < 1.29 is 23.1 Å². The Labute approximate surface area is 266 Å². The Bertz CT molecular complexity index is 1680. The molecule has 1 heterocycles. The highest BCUT2D eigenvalue weighted by Gasteiger charge is 2.31. The first-order valence-electron chi connectivity index (χ1n) is 15.2. The van der Waals surface area contributed by atoms with Gasteiger partial charge in [0.2, 0.25) is 5.91 Å². The summed E-state index contributed by atoms with van der Waals surface area (Å²) in [6.07, 6.45) is -0.257. The Morgan fingerprint density at radius 3 is 2.27 bits per heavy atom. The normalized spacial score (nSPS) is 17.9. The number of rotatable bonds is 10. The molecule has 0 unspecified atom stereocenters. The zero-order valence-electron chi connectivity index (χ0n) is 26.0. The van der Waals surface area contributed by atoms with Crippen LogP contribution in [-0.2, 0) is 27.8 Å². The van der Waals surface area contributed by atoms with Crippen LogP contribution in [-0.4, -0.2) is 68.1 Å². The Morgan fingerprint density at radius 2 is 1.60 bits per heavy atom. The van der Waals surface area contributed by atoms with Crippen LogP contribution in [0, 0.1) is 5.92 Å². The number of ether oxygens (including phenoxy) is 1. The molecule has 0 radical (unpaired) electrons. The highest BCUT2D eigenvalue weighted by Crippen LogP contribution is 2.30. The van der Waals surface area contributed by atoms with E-state index in [-0.39, 0.29) is 41.9 Å². The van der Waals surface area contributed by atoms with Gasteiger partial charge in [0.1, 0.15) is 11.9 Å². The van der Waals surface area contributed by atoms with Gasteiger partial charge in [0.15, 0.2) is 0 Å².